The fourth-order valence-electron chi connectivity index (χ4n) is 0.912. The van der Waals surface area contributed by atoms with Crippen LogP contribution < -0.4 is 0 Å². The van der Waals surface area contributed by atoms with Crippen molar-refractivity contribution in [2.24, 2.45) is 5.41 Å². The number of carbonyl (C=O) groups excluding carboxylic acids is 2. The molecule has 4 heteroatoms. The van der Waals surface area contributed by atoms with Gasteiger partial charge in [0.25, 0.3) is 0 Å². The highest BCUT2D eigenvalue weighted by molar-refractivity contribution is 6.05. The number of Topliss-reactive ketones (excluding diaryl/α,β-unsaturated/α-hetero) is 1. The molecule has 1 aliphatic rings. The van der Waals surface area contributed by atoms with E-state index >= 15 is 0 Å². The van der Waals surface area contributed by atoms with Gasteiger partial charge >= 0.3 is 5.97 Å². The van der Waals surface area contributed by atoms with Crippen LogP contribution in [0.25, 0.3) is 0 Å². The summed E-state index contributed by atoms with van der Waals surface area (Å²) in [5.41, 5.74) is -0.991. The van der Waals surface area contributed by atoms with Gasteiger partial charge in [0.1, 0.15) is 11.2 Å². The Labute approximate surface area is 57.7 Å². The van der Waals surface area contributed by atoms with E-state index in [1.165, 1.54) is 6.92 Å². The largest absolute Gasteiger partial charge is 0.355 e. The number of hydrogen-bond acceptors (Lipinski definition) is 4. The van der Waals surface area contributed by atoms with Crippen LogP contribution in [0.4, 0.5) is 0 Å². The third kappa shape index (κ3) is 0.806. The maximum atomic E-state index is 10.7. The molecule has 10 heavy (non-hydrogen) atoms. The molecule has 0 atom stereocenters. The molecule has 1 rings (SSSR count). The highest BCUT2D eigenvalue weighted by atomic mass is 17.1. The predicted octanol–water partition coefficient (Wildman–Crippen LogP) is 0.372. The molecule has 0 amide bonds. The maximum absolute atomic E-state index is 10.7. The van der Waals surface area contributed by atoms with Crippen molar-refractivity contribution < 1.29 is 19.7 Å². The molecule has 4 nitrogen and oxygen atoms in total. The predicted molar refractivity (Wildman–Crippen MR) is 31.1 cm³/mol. The van der Waals surface area contributed by atoms with Crippen LogP contribution in [0.15, 0.2) is 0 Å². The number of hydrogen-bond donors (Lipinski definition) is 1. The number of carbonyl (C=O) groups is 2. The fraction of sp³-hybridized carbons (Fsp3) is 0.667. The SMILES string of the molecule is CC(=O)C1(C(=O)OO)CC1. The normalized spacial score (nSPS) is 19.8. The molecule has 0 aromatic carbocycles. The summed E-state index contributed by atoms with van der Waals surface area (Å²) >= 11 is 0. The second-order valence-corrected chi connectivity index (χ2v) is 2.52. The van der Waals surface area contributed by atoms with Crippen LogP contribution in [0.1, 0.15) is 19.8 Å². The second kappa shape index (κ2) is 2.05. The average Bonchev–Trinajstić information content (AvgIpc) is 2.65. The molecule has 0 spiro atoms. The van der Waals surface area contributed by atoms with E-state index in [2.05, 4.69) is 4.89 Å². The topological polar surface area (TPSA) is 63.6 Å². The van der Waals surface area contributed by atoms with Crippen molar-refractivity contribution >= 4 is 11.8 Å². The minimum absolute atomic E-state index is 0.230. The third-order valence-electron chi connectivity index (χ3n) is 1.90. The van der Waals surface area contributed by atoms with Gasteiger partial charge in [0.2, 0.25) is 0 Å². The first-order valence-electron chi connectivity index (χ1n) is 3.00. The smallest absolute Gasteiger partial charge is 0.300 e. The Balaban J connectivity index is 2.69. The Hall–Kier alpha value is -0.900. The molecule has 0 aromatic heterocycles. The average molecular weight is 144 g/mol. The van der Waals surface area contributed by atoms with Gasteiger partial charge in [-0.05, 0) is 19.8 Å². The quantitative estimate of drug-likeness (QED) is 0.345. The zero-order valence-corrected chi connectivity index (χ0v) is 5.59. The van der Waals surface area contributed by atoms with Gasteiger partial charge in [-0.2, -0.15) is 5.26 Å². The first-order chi connectivity index (χ1) is 4.63. The fourth-order valence-corrected chi connectivity index (χ4v) is 0.912. The Morgan fingerprint density at radius 2 is 2.00 bits per heavy atom. The molecule has 1 saturated carbocycles. The van der Waals surface area contributed by atoms with Crippen LogP contribution in [-0.4, -0.2) is 17.0 Å². The lowest BCUT2D eigenvalue weighted by molar-refractivity contribution is -0.239. The summed E-state index contributed by atoms with van der Waals surface area (Å²) in [7, 11) is 0. The molecule has 0 aromatic rings. The highest BCUT2D eigenvalue weighted by Gasteiger charge is 2.56. The second-order valence-electron chi connectivity index (χ2n) is 2.52. The molecule has 0 bridgehead atoms. The van der Waals surface area contributed by atoms with E-state index in [9.17, 15) is 9.59 Å². The maximum Gasteiger partial charge on any atom is 0.355 e. The Morgan fingerprint density at radius 3 is 2.10 bits per heavy atom. The molecule has 1 fully saturated rings. The van der Waals surface area contributed by atoms with Gasteiger partial charge in [-0.3, -0.25) is 9.68 Å². The molecule has 56 valence electrons. The van der Waals surface area contributed by atoms with Crippen molar-refractivity contribution in [1.82, 2.24) is 0 Å². The van der Waals surface area contributed by atoms with E-state index in [0.717, 1.165) is 0 Å². The number of rotatable bonds is 2. The number of ketones is 1. The summed E-state index contributed by atoms with van der Waals surface area (Å²) in [5, 5.41) is 7.96. The monoisotopic (exact) mass is 144 g/mol. The molecule has 1 N–H and O–H groups in total. The van der Waals surface area contributed by atoms with Crippen LogP contribution in [0.3, 0.4) is 0 Å². The van der Waals surface area contributed by atoms with Gasteiger partial charge < -0.3 is 0 Å². The lowest BCUT2D eigenvalue weighted by Crippen LogP contribution is -2.24. The van der Waals surface area contributed by atoms with Crippen LogP contribution in [-0.2, 0) is 14.5 Å². The van der Waals surface area contributed by atoms with E-state index < -0.39 is 11.4 Å². The molecule has 0 saturated heterocycles. The van der Waals surface area contributed by atoms with Crippen LogP contribution in [0.2, 0.25) is 0 Å². The van der Waals surface area contributed by atoms with Crippen molar-refractivity contribution in [2.45, 2.75) is 19.8 Å². The first-order valence-corrected chi connectivity index (χ1v) is 3.00. The molecule has 0 aliphatic heterocycles. The molecule has 0 unspecified atom stereocenters. The van der Waals surface area contributed by atoms with E-state index in [1.807, 2.05) is 0 Å². The Morgan fingerprint density at radius 1 is 1.50 bits per heavy atom. The summed E-state index contributed by atoms with van der Waals surface area (Å²) in [6, 6.07) is 0. The molecule has 0 heterocycles. The van der Waals surface area contributed by atoms with Crippen molar-refractivity contribution in [2.75, 3.05) is 0 Å². The first kappa shape index (κ1) is 7.21. The van der Waals surface area contributed by atoms with Crippen LogP contribution in [0, 0.1) is 5.41 Å². The molecule has 1 aliphatic carbocycles. The van der Waals surface area contributed by atoms with Gasteiger partial charge in [-0.15, -0.1) is 0 Å². The van der Waals surface area contributed by atoms with Gasteiger partial charge in [0.05, 0.1) is 0 Å². The summed E-state index contributed by atoms with van der Waals surface area (Å²) in [5.74, 6) is -1.05. The third-order valence-corrected chi connectivity index (χ3v) is 1.90. The van der Waals surface area contributed by atoms with Gasteiger partial charge in [0.15, 0.2) is 0 Å². The zero-order chi connectivity index (χ0) is 7.78. The van der Waals surface area contributed by atoms with E-state index in [0.29, 0.717) is 12.8 Å². The summed E-state index contributed by atoms with van der Waals surface area (Å²) in [4.78, 5) is 24.8. The van der Waals surface area contributed by atoms with Crippen LogP contribution in [0.5, 0.6) is 0 Å². The van der Waals surface area contributed by atoms with Crippen molar-refractivity contribution in [3.8, 4) is 0 Å². The lowest BCUT2D eigenvalue weighted by atomic mass is 10.0. The van der Waals surface area contributed by atoms with Gasteiger partial charge in [0, 0.05) is 0 Å². The van der Waals surface area contributed by atoms with E-state index in [-0.39, 0.29) is 5.78 Å². The van der Waals surface area contributed by atoms with E-state index in [4.69, 9.17) is 5.26 Å². The van der Waals surface area contributed by atoms with Gasteiger partial charge in [-0.1, -0.05) is 0 Å². The minimum Gasteiger partial charge on any atom is -0.300 e. The molecular weight excluding hydrogens is 136 g/mol. The van der Waals surface area contributed by atoms with Crippen molar-refractivity contribution in [1.29, 1.82) is 0 Å². The standard InChI is InChI=1S/C6H8O4/c1-4(7)6(2-3-6)5(8)10-9/h9H,2-3H2,1H3. The van der Waals surface area contributed by atoms with Gasteiger partial charge in [-0.25, -0.2) is 4.79 Å². The summed E-state index contributed by atoms with van der Waals surface area (Å²) in [6.45, 7) is 1.32. The molecule has 0 radical (unpaired) electrons. The summed E-state index contributed by atoms with van der Waals surface area (Å²) in [6.07, 6.45) is 1.00. The highest BCUT2D eigenvalue weighted by Crippen LogP contribution is 2.47. The zero-order valence-electron chi connectivity index (χ0n) is 5.59. The van der Waals surface area contributed by atoms with Crippen molar-refractivity contribution in [3.05, 3.63) is 0 Å². The van der Waals surface area contributed by atoms with Crippen molar-refractivity contribution in [3.63, 3.8) is 0 Å². The Bertz CT molecular complexity index is 180. The molecular formula is C6H8O4. The van der Waals surface area contributed by atoms with Crippen LogP contribution >= 0.6 is 0 Å². The van der Waals surface area contributed by atoms with E-state index in [1.54, 1.807) is 0 Å². The minimum atomic E-state index is -0.991. The lowest BCUT2D eigenvalue weighted by Gasteiger charge is -2.03. The Kier molecular flexibility index (Phi) is 1.48. The summed E-state index contributed by atoms with van der Waals surface area (Å²) < 4.78 is 0.